The molecule has 0 aliphatic heterocycles. The van der Waals surface area contributed by atoms with Crippen molar-refractivity contribution in [2.45, 2.75) is 12.5 Å². The number of nitrogens with zero attached hydrogens (tertiary/aromatic N) is 4. The van der Waals surface area contributed by atoms with E-state index in [1.54, 1.807) is 17.1 Å². The van der Waals surface area contributed by atoms with Crippen molar-refractivity contribution in [3.63, 3.8) is 0 Å². The molecule has 1 aliphatic rings. The summed E-state index contributed by atoms with van der Waals surface area (Å²) in [5.74, 6) is 0. The molecule has 0 saturated heterocycles. The van der Waals surface area contributed by atoms with Gasteiger partial charge in [0.25, 0.3) is 5.56 Å². The fourth-order valence-electron chi connectivity index (χ4n) is 3.14. The van der Waals surface area contributed by atoms with Gasteiger partial charge in [-0.25, -0.2) is 9.97 Å². The molecule has 0 spiro atoms. The number of hydrogen-bond donors (Lipinski definition) is 0. The van der Waals surface area contributed by atoms with E-state index in [-0.39, 0.29) is 11.6 Å². The maximum absolute atomic E-state index is 13.0. The van der Waals surface area contributed by atoms with Gasteiger partial charge < -0.3 is 4.90 Å². The van der Waals surface area contributed by atoms with Gasteiger partial charge in [-0.05, 0) is 18.1 Å². The van der Waals surface area contributed by atoms with Crippen molar-refractivity contribution in [3.8, 4) is 0 Å². The minimum absolute atomic E-state index is 0.0113. The summed E-state index contributed by atoms with van der Waals surface area (Å²) >= 11 is 1.41. The zero-order chi connectivity index (χ0) is 17.6. The molecule has 1 aliphatic carbocycles. The van der Waals surface area contributed by atoms with Gasteiger partial charge in [-0.1, -0.05) is 30.9 Å². The van der Waals surface area contributed by atoms with E-state index in [0.717, 1.165) is 33.4 Å². The highest BCUT2D eigenvalue weighted by Gasteiger charge is 2.19. The number of aromatic nitrogens is 3. The molecule has 25 heavy (non-hydrogen) atoms. The van der Waals surface area contributed by atoms with E-state index in [4.69, 9.17) is 0 Å². The molecule has 4 rings (SSSR count). The number of rotatable bonds is 3. The third kappa shape index (κ3) is 2.49. The molecule has 1 unspecified atom stereocenters. The van der Waals surface area contributed by atoms with Gasteiger partial charge in [-0.3, -0.25) is 9.36 Å². The highest BCUT2D eigenvalue weighted by molar-refractivity contribution is 7.25. The summed E-state index contributed by atoms with van der Waals surface area (Å²) < 4.78 is 2.37. The summed E-state index contributed by atoms with van der Waals surface area (Å²) in [6.45, 7) is 3.78. The number of pyridine rings is 1. The smallest absolute Gasteiger partial charge is 0.271 e. The third-order valence-electron chi connectivity index (χ3n) is 4.47. The van der Waals surface area contributed by atoms with Crippen LogP contribution in [0, 0.1) is 0 Å². The van der Waals surface area contributed by atoms with Crippen LogP contribution < -0.4 is 10.5 Å². The van der Waals surface area contributed by atoms with Gasteiger partial charge in [0.15, 0.2) is 0 Å². The largest absolute Gasteiger partial charge is 0.377 e. The summed E-state index contributed by atoms with van der Waals surface area (Å²) in [7, 11) is 3.96. The van der Waals surface area contributed by atoms with Gasteiger partial charge in [-0.15, -0.1) is 11.3 Å². The predicted molar refractivity (Wildman–Crippen MR) is 105 cm³/mol. The topological polar surface area (TPSA) is 51.0 Å². The van der Waals surface area contributed by atoms with Crippen LogP contribution >= 0.6 is 11.3 Å². The molecule has 0 bridgehead atoms. The average Bonchev–Trinajstić information content (AvgIpc) is 3.02. The zero-order valence-corrected chi connectivity index (χ0v) is 15.0. The van der Waals surface area contributed by atoms with E-state index in [0.29, 0.717) is 4.70 Å². The first-order valence-corrected chi connectivity index (χ1v) is 8.88. The van der Waals surface area contributed by atoms with Crippen LogP contribution in [0.3, 0.4) is 0 Å². The van der Waals surface area contributed by atoms with Crippen LogP contribution in [0.2, 0.25) is 0 Å². The molecule has 5 nitrogen and oxygen atoms in total. The second kappa shape index (κ2) is 5.97. The van der Waals surface area contributed by atoms with Gasteiger partial charge in [0.05, 0.1) is 29.0 Å². The van der Waals surface area contributed by atoms with Crippen molar-refractivity contribution >= 4 is 37.5 Å². The summed E-state index contributed by atoms with van der Waals surface area (Å²) in [5, 5.41) is 0.949. The van der Waals surface area contributed by atoms with Crippen molar-refractivity contribution in [2.75, 3.05) is 19.0 Å². The molecule has 3 aromatic rings. The molecule has 6 heteroatoms. The second-order valence-electron chi connectivity index (χ2n) is 6.21. The van der Waals surface area contributed by atoms with E-state index >= 15 is 0 Å². The lowest BCUT2D eigenvalue weighted by Gasteiger charge is -2.17. The molecule has 0 aromatic carbocycles. The Bertz CT molecular complexity index is 1100. The first kappa shape index (κ1) is 15.8. The van der Waals surface area contributed by atoms with Crippen molar-refractivity contribution in [2.24, 2.45) is 0 Å². The highest BCUT2D eigenvalue weighted by Crippen LogP contribution is 2.35. The van der Waals surface area contributed by atoms with Crippen LogP contribution in [0.15, 0.2) is 59.8 Å². The normalized spacial score (nSPS) is 17.0. The Labute approximate surface area is 149 Å². The van der Waals surface area contributed by atoms with Gasteiger partial charge >= 0.3 is 0 Å². The summed E-state index contributed by atoms with van der Waals surface area (Å²) in [6, 6.07) is 1.94. The van der Waals surface area contributed by atoms with Crippen molar-refractivity contribution in [1.29, 1.82) is 0 Å². The lowest BCUT2D eigenvalue weighted by atomic mass is 10.0. The van der Waals surface area contributed by atoms with Crippen LogP contribution in [0.25, 0.3) is 20.4 Å². The summed E-state index contributed by atoms with van der Waals surface area (Å²) in [4.78, 5) is 25.0. The Balaban J connectivity index is 1.90. The fraction of sp³-hybridized carbons (Fsp3) is 0.211. The molecule has 126 valence electrons. The molecular weight excluding hydrogens is 332 g/mol. The molecule has 0 amide bonds. The zero-order valence-electron chi connectivity index (χ0n) is 14.1. The monoisotopic (exact) mass is 350 g/mol. The van der Waals surface area contributed by atoms with Gasteiger partial charge in [0.1, 0.15) is 9.53 Å². The second-order valence-corrected chi connectivity index (χ2v) is 7.21. The lowest BCUT2D eigenvalue weighted by Crippen LogP contribution is -2.24. The van der Waals surface area contributed by atoms with E-state index < -0.39 is 0 Å². The Morgan fingerprint density at radius 2 is 2.24 bits per heavy atom. The number of anilines is 1. The quantitative estimate of drug-likeness (QED) is 0.723. The van der Waals surface area contributed by atoms with E-state index in [9.17, 15) is 4.79 Å². The summed E-state index contributed by atoms with van der Waals surface area (Å²) in [6.07, 6.45) is 12.1. The first-order valence-electron chi connectivity index (χ1n) is 8.06. The van der Waals surface area contributed by atoms with E-state index in [1.165, 1.54) is 11.3 Å². The maximum Gasteiger partial charge on any atom is 0.271 e. The number of thiophene rings is 1. The molecule has 0 saturated carbocycles. The number of allylic oxidation sites excluding steroid dienone is 5. The molecule has 0 radical (unpaired) electrons. The van der Waals surface area contributed by atoms with Gasteiger partial charge in [0, 0.05) is 20.3 Å². The van der Waals surface area contributed by atoms with Gasteiger partial charge in [0.2, 0.25) is 0 Å². The van der Waals surface area contributed by atoms with Crippen LogP contribution in [0.5, 0.6) is 0 Å². The molecular formula is C19H18N4OS. The van der Waals surface area contributed by atoms with Crippen molar-refractivity contribution in [1.82, 2.24) is 14.5 Å². The van der Waals surface area contributed by atoms with E-state index in [2.05, 4.69) is 22.6 Å². The molecule has 0 fully saturated rings. The Kier molecular flexibility index (Phi) is 3.77. The third-order valence-corrected chi connectivity index (χ3v) is 5.54. The summed E-state index contributed by atoms with van der Waals surface area (Å²) in [5.41, 5.74) is 2.83. The van der Waals surface area contributed by atoms with Gasteiger partial charge in [-0.2, -0.15) is 0 Å². The predicted octanol–water partition coefficient (Wildman–Crippen LogP) is 3.69. The number of fused-ring (bicyclic) bond motifs is 3. The Hall–Kier alpha value is -2.73. The minimum atomic E-state index is -0.0143. The standard InChI is InChI=1S/C19H18N4OS/c1-4-12-5-7-13(8-6-12)23-11-21-16-15-14(22(2)3)9-10-20-18(15)25-17(16)19(23)24/h4-7,9-11,13H,1,8H2,2-3H3. The van der Waals surface area contributed by atoms with Crippen LogP contribution in [-0.2, 0) is 0 Å². The molecule has 3 aromatic heterocycles. The first-order chi connectivity index (χ1) is 12.1. The Morgan fingerprint density at radius 3 is 2.92 bits per heavy atom. The van der Waals surface area contributed by atoms with E-state index in [1.807, 2.05) is 43.3 Å². The highest BCUT2D eigenvalue weighted by atomic mass is 32.1. The fourth-order valence-corrected chi connectivity index (χ4v) is 4.20. The van der Waals surface area contributed by atoms with Crippen LogP contribution in [0.4, 0.5) is 5.69 Å². The van der Waals surface area contributed by atoms with Crippen LogP contribution in [0.1, 0.15) is 12.5 Å². The molecule has 1 atom stereocenters. The molecule has 0 N–H and O–H groups in total. The Morgan fingerprint density at radius 1 is 1.40 bits per heavy atom. The SMILES string of the molecule is C=CC1=CCC(n2cnc3c(sc4nccc(N(C)C)c43)c2=O)C=C1. The lowest BCUT2D eigenvalue weighted by molar-refractivity contribution is 0.580. The van der Waals surface area contributed by atoms with Crippen LogP contribution in [-0.4, -0.2) is 28.6 Å². The maximum atomic E-state index is 13.0. The average molecular weight is 350 g/mol. The molecule has 3 heterocycles. The number of hydrogen-bond acceptors (Lipinski definition) is 5. The van der Waals surface area contributed by atoms with Crippen molar-refractivity contribution < 1.29 is 0 Å². The van der Waals surface area contributed by atoms with Crippen molar-refractivity contribution in [3.05, 3.63) is 65.4 Å². The minimum Gasteiger partial charge on any atom is -0.377 e.